The lowest BCUT2D eigenvalue weighted by Gasteiger charge is -2.07. The predicted molar refractivity (Wildman–Crippen MR) is 72.4 cm³/mol. The van der Waals surface area contributed by atoms with Gasteiger partial charge in [-0.1, -0.05) is 24.3 Å². The summed E-state index contributed by atoms with van der Waals surface area (Å²) in [6.45, 7) is 6.51. The third kappa shape index (κ3) is 2.67. The van der Waals surface area contributed by atoms with Crippen molar-refractivity contribution in [3.05, 3.63) is 36.7 Å². The highest BCUT2D eigenvalue weighted by Gasteiger charge is 2.10. The van der Waals surface area contributed by atoms with Crippen LogP contribution in [0.3, 0.4) is 0 Å². The molecular weight excluding hydrogens is 231 g/mol. The number of aromatic nitrogens is 2. The molecule has 0 aliphatic heterocycles. The zero-order valence-electron chi connectivity index (χ0n) is 10.4. The summed E-state index contributed by atoms with van der Waals surface area (Å²) in [6, 6.07) is 7.90. The molecule has 1 aromatic heterocycles. The first kappa shape index (κ1) is 12.1. The summed E-state index contributed by atoms with van der Waals surface area (Å²) < 4.78 is 13.8. The third-order valence-electron chi connectivity index (χ3n) is 2.78. The number of benzene rings is 1. The highest BCUT2D eigenvalue weighted by Crippen LogP contribution is 2.34. The summed E-state index contributed by atoms with van der Waals surface area (Å²) in [5, 5.41) is 5.16. The summed E-state index contributed by atoms with van der Waals surface area (Å²) in [7, 11) is -2.15. The van der Waals surface area contributed by atoms with E-state index >= 15 is 0 Å². The van der Waals surface area contributed by atoms with Crippen LogP contribution in [0, 0.1) is 0 Å². The highest BCUT2D eigenvalue weighted by molar-refractivity contribution is 7.70. The largest absolute Gasteiger partial charge is 0.319 e. The SMILES string of the molecule is CCn1cc(-c2ccc(P(C)(C)=O)cc2)cn1. The summed E-state index contributed by atoms with van der Waals surface area (Å²) in [6.07, 6.45) is 3.88. The summed E-state index contributed by atoms with van der Waals surface area (Å²) in [5.74, 6) is 0. The van der Waals surface area contributed by atoms with Crippen LogP contribution in [0.4, 0.5) is 0 Å². The number of hydrogen-bond acceptors (Lipinski definition) is 2. The zero-order valence-corrected chi connectivity index (χ0v) is 11.3. The molecule has 0 radical (unpaired) electrons. The molecule has 4 heteroatoms. The molecule has 2 rings (SSSR count). The molecule has 0 aliphatic carbocycles. The second-order valence-corrected chi connectivity index (χ2v) is 7.70. The number of rotatable bonds is 3. The molecule has 17 heavy (non-hydrogen) atoms. The van der Waals surface area contributed by atoms with Crippen molar-refractivity contribution in [1.82, 2.24) is 9.78 Å². The van der Waals surface area contributed by atoms with E-state index in [1.165, 1.54) is 0 Å². The van der Waals surface area contributed by atoms with Gasteiger partial charge in [-0.25, -0.2) is 0 Å². The lowest BCUT2D eigenvalue weighted by molar-refractivity contribution is 0.588. The Bertz CT molecular complexity index is 551. The smallest absolute Gasteiger partial charge is 0.109 e. The average molecular weight is 248 g/mol. The van der Waals surface area contributed by atoms with Crippen LogP contribution < -0.4 is 5.30 Å². The van der Waals surface area contributed by atoms with E-state index in [2.05, 4.69) is 12.0 Å². The van der Waals surface area contributed by atoms with E-state index in [1.807, 2.05) is 41.3 Å². The van der Waals surface area contributed by atoms with E-state index < -0.39 is 7.14 Å². The fourth-order valence-corrected chi connectivity index (χ4v) is 2.57. The molecule has 0 spiro atoms. The number of nitrogens with zero attached hydrogens (tertiary/aromatic N) is 2. The minimum absolute atomic E-state index is 0.872. The van der Waals surface area contributed by atoms with E-state index in [4.69, 9.17) is 0 Å². The van der Waals surface area contributed by atoms with Crippen molar-refractivity contribution in [2.24, 2.45) is 0 Å². The quantitative estimate of drug-likeness (QED) is 0.783. The fourth-order valence-electron chi connectivity index (χ4n) is 1.70. The second-order valence-electron chi connectivity index (χ2n) is 4.48. The first-order chi connectivity index (χ1) is 8.00. The first-order valence-electron chi connectivity index (χ1n) is 5.69. The van der Waals surface area contributed by atoms with Crippen LogP contribution in [0.25, 0.3) is 11.1 Å². The summed E-state index contributed by atoms with van der Waals surface area (Å²) in [5.41, 5.74) is 2.21. The van der Waals surface area contributed by atoms with E-state index in [0.717, 1.165) is 23.0 Å². The van der Waals surface area contributed by atoms with Crippen LogP contribution in [-0.2, 0) is 11.1 Å². The molecule has 1 aromatic carbocycles. The first-order valence-corrected chi connectivity index (χ1v) is 8.29. The molecule has 0 aliphatic rings. The van der Waals surface area contributed by atoms with Crippen molar-refractivity contribution >= 4 is 12.4 Å². The molecule has 0 bridgehead atoms. The van der Waals surface area contributed by atoms with Crippen molar-refractivity contribution in [1.29, 1.82) is 0 Å². The van der Waals surface area contributed by atoms with Gasteiger partial charge in [0.05, 0.1) is 6.20 Å². The molecule has 3 nitrogen and oxygen atoms in total. The maximum absolute atomic E-state index is 11.9. The number of aryl methyl sites for hydroxylation is 1. The van der Waals surface area contributed by atoms with Crippen LogP contribution in [0.15, 0.2) is 36.7 Å². The normalized spacial score (nSPS) is 11.7. The Morgan fingerprint density at radius 2 is 1.82 bits per heavy atom. The Balaban J connectivity index is 2.32. The van der Waals surface area contributed by atoms with E-state index in [0.29, 0.717) is 0 Å². The van der Waals surface area contributed by atoms with Crippen LogP contribution in [0.5, 0.6) is 0 Å². The van der Waals surface area contributed by atoms with Crippen molar-refractivity contribution in [2.75, 3.05) is 13.3 Å². The molecule has 0 amide bonds. The fraction of sp³-hybridized carbons (Fsp3) is 0.308. The van der Waals surface area contributed by atoms with Crippen molar-refractivity contribution in [3.8, 4) is 11.1 Å². The monoisotopic (exact) mass is 248 g/mol. The maximum atomic E-state index is 11.9. The molecule has 0 fully saturated rings. The van der Waals surface area contributed by atoms with Gasteiger partial charge in [0, 0.05) is 23.6 Å². The van der Waals surface area contributed by atoms with E-state index in [9.17, 15) is 4.57 Å². The topological polar surface area (TPSA) is 34.9 Å². The lowest BCUT2D eigenvalue weighted by Crippen LogP contribution is -2.01. The van der Waals surface area contributed by atoms with Gasteiger partial charge in [-0.05, 0) is 25.8 Å². The minimum atomic E-state index is -2.15. The van der Waals surface area contributed by atoms with Crippen LogP contribution in [0.2, 0.25) is 0 Å². The van der Waals surface area contributed by atoms with Crippen LogP contribution >= 0.6 is 7.14 Å². The van der Waals surface area contributed by atoms with Gasteiger partial charge in [-0.15, -0.1) is 0 Å². The third-order valence-corrected chi connectivity index (χ3v) is 4.32. The van der Waals surface area contributed by atoms with Crippen molar-refractivity contribution < 1.29 is 4.57 Å². The highest BCUT2D eigenvalue weighted by atomic mass is 31.2. The Kier molecular flexibility index (Phi) is 3.21. The second kappa shape index (κ2) is 4.50. The van der Waals surface area contributed by atoms with Gasteiger partial charge in [0.1, 0.15) is 7.14 Å². The van der Waals surface area contributed by atoms with Gasteiger partial charge >= 0.3 is 0 Å². The Labute approximate surface area is 102 Å². The Hall–Kier alpha value is -1.34. The van der Waals surface area contributed by atoms with Crippen LogP contribution in [-0.4, -0.2) is 23.1 Å². The Morgan fingerprint density at radius 1 is 1.18 bits per heavy atom. The maximum Gasteiger partial charge on any atom is 0.109 e. The summed E-state index contributed by atoms with van der Waals surface area (Å²) in [4.78, 5) is 0. The van der Waals surface area contributed by atoms with Gasteiger partial charge in [0.25, 0.3) is 0 Å². The molecule has 0 N–H and O–H groups in total. The molecular formula is C13H17N2OP. The van der Waals surface area contributed by atoms with Crippen molar-refractivity contribution in [2.45, 2.75) is 13.5 Å². The standard InChI is InChI=1S/C13H17N2OP/c1-4-15-10-12(9-14-15)11-5-7-13(8-6-11)17(2,3)16/h5-10H,4H2,1-3H3. The molecule has 90 valence electrons. The number of hydrogen-bond donors (Lipinski definition) is 0. The predicted octanol–water partition coefficient (Wildman–Crippen LogP) is 2.82. The van der Waals surface area contributed by atoms with Gasteiger partial charge in [-0.3, -0.25) is 4.68 Å². The molecule has 0 saturated heterocycles. The molecule has 0 saturated carbocycles. The average Bonchev–Trinajstić information content (AvgIpc) is 2.76. The minimum Gasteiger partial charge on any atom is -0.319 e. The molecule has 0 atom stereocenters. The molecule has 0 unspecified atom stereocenters. The zero-order chi connectivity index (χ0) is 12.5. The van der Waals surface area contributed by atoms with Crippen molar-refractivity contribution in [3.63, 3.8) is 0 Å². The Morgan fingerprint density at radius 3 is 2.29 bits per heavy atom. The van der Waals surface area contributed by atoms with E-state index in [-0.39, 0.29) is 0 Å². The van der Waals surface area contributed by atoms with E-state index in [1.54, 1.807) is 13.3 Å². The van der Waals surface area contributed by atoms with Gasteiger partial charge < -0.3 is 4.57 Å². The van der Waals surface area contributed by atoms with Crippen LogP contribution in [0.1, 0.15) is 6.92 Å². The lowest BCUT2D eigenvalue weighted by atomic mass is 10.1. The molecule has 2 aromatic rings. The van der Waals surface area contributed by atoms with Gasteiger partial charge in [0.15, 0.2) is 0 Å². The van der Waals surface area contributed by atoms with Gasteiger partial charge in [0.2, 0.25) is 0 Å². The summed E-state index contributed by atoms with van der Waals surface area (Å²) >= 11 is 0. The molecule has 1 heterocycles. The van der Waals surface area contributed by atoms with Gasteiger partial charge in [-0.2, -0.15) is 5.10 Å².